The molecule has 4 N–H and O–H groups in total. The first-order valence-electron chi connectivity index (χ1n) is 4.84. The molecule has 5 heteroatoms. The predicted octanol–water partition coefficient (Wildman–Crippen LogP) is 1.55. The number of carbonyl (C=O) groups excluding carboxylic acids is 1. The molecule has 1 heterocycles. The lowest BCUT2D eigenvalue weighted by molar-refractivity contribution is 0.102. The van der Waals surface area contributed by atoms with E-state index in [9.17, 15) is 4.79 Å². The molecule has 0 spiro atoms. The van der Waals surface area contributed by atoms with Crippen LogP contribution in [0, 0.1) is 6.92 Å². The molecule has 0 saturated carbocycles. The summed E-state index contributed by atoms with van der Waals surface area (Å²) < 4.78 is 0. The molecule has 0 saturated heterocycles. The Labute approximate surface area is 92.7 Å². The fourth-order valence-corrected chi connectivity index (χ4v) is 1.38. The van der Waals surface area contributed by atoms with E-state index in [1.165, 1.54) is 6.33 Å². The lowest BCUT2D eigenvalue weighted by Gasteiger charge is -2.06. The molecule has 1 aromatic carbocycles. The molecule has 16 heavy (non-hydrogen) atoms. The van der Waals surface area contributed by atoms with Gasteiger partial charge < -0.3 is 16.0 Å². The number of hydrogen-bond donors (Lipinski definition) is 3. The van der Waals surface area contributed by atoms with Crippen molar-refractivity contribution in [3.63, 3.8) is 0 Å². The number of nitrogens with one attached hydrogen (secondary N) is 2. The van der Waals surface area contributed by atoms with Crippen LogP contribution >= 0.6 is 0 Å². The minimum Gasteiger partial charge on any atom is -0.382 e. The van der Waals surface area contributed by atoms with Gasteiger partial charge in [0.25, 0.3) is 5.91 Å². The van der Waals surface area contributed by atoms with Crippen molar-refractivity contribution in [2.24, 2.45) is 0 Å². The summed E-state index contributed by atoms with van der Waals surface area (Å²) in [7, 11) is 0. The van der Waals surface area contributed by atoms with Crippen LogP contribution in [0.2, 0.25) is 0 Å². The first-order valence-corrected chi connectivity index (χ1v) is 4.84. The first-order chi connectivity index (χ1) is 7.68. The first kappa shape index (κ1) is 10.2. The Hall–Kier alpha value is -2.30. The highest BCUT2D eigenvalue weighted by Gasteiger charge is 2.12. The molecule has 0 aliphatic rings. The monoisotopic (exact) mass is 216 g/mol. The molecule has 0 radical (unpaired) electrons. The van der Waals surface area contributed by atoms with Gasteiger partial charge in [0.15, 0.2) is 5.82 Å². The Morgan fingerprint density at radius 3 is 2.81 bits per heavy atom. The Kier molecular flexibility index (Phi) is 2.59. The number of nitrogen functional groups attached to an aromatic ring is 1. The molecule has 82 valence electrons. The van der Waals surface area contributed by atoms with Crippen molar-refractivity contribution in [2.45, 2.75) is 6.92 Å². The van der Waals surface area contributed by atoms with Crippen LogP contribution in [0.3, 0.4) is 0 Å². The molecule has 0 bridgehead atoms. The zero-order valence-electron chi connectivity index (χ0n) is 8.82. The number of rotatable bonds is 2. The quantitative estimate of drug-likeness (QED) is 0.712. The lowest BCUT2D eigenvalue weighted by atomic mass is 10.2. The Morgan fingerprint density at radius 1 is 1.44 bits per heavy atom. The number of hydrogen-bond acceptors (Lipinski definition) is 3. The molecule has 0 unspecified atom stereocenters. The number of amides is 1. The van der Waals surface area contributed by atoms with Gasteiger partial charge in [0.1, 0.15) is 5.69 Å². The molecular weight excluding hydrogens is 204 g/mol. The van der Waals surface area contributed by atoms with Crippen molar-refractivity contribution in [2.75, 3.05) is 11.1 Å². The lowest BCUT2D eigenvalue weighted by Crippen LogP contribution is -2.14. The highest BCUT2D eigenvalue weighted by atomic mass is 16.1. The summed E-state index contributed by atoms with van der Waals surface area (Å²) >= 11 is 0. The van der Waals surface area contributed by atoms with Gasteiger partial charge in [-0.25, -0.2) is 4.98 Å². The number of imidazole rings is 1. The maximum absolute atomic E-state index is 11.8. The summed E-state index contributed by atoms with van der Waals surface area (Å²) in [5.74, 6) is -0.0876. The molecule has 2 aromatic rings. The maximum Gasteiger partial charge on any atom is 0.275 e. The van der Waals surface area contributed by atoms with E-state index in [-0.39, 0.29) is 17.4 Å². The molecule has 5 nitrogen and oxygen atoms in total. The van der Waals surface area contributed by atoms with Crippen molar-refractivity contribution in [3.8, 4) is 0 Å². The Morgan fingerprint density at radius 2 is 2.19 bits per heavy atom. The number of nitrogens with two attached hydrogens (primary N) is 1. The molecule has 0 aliphatic carbocycles. The van der Waals surface area contributed by atoms with Crippen molar-refractivity contribution in [3.05, 3.63) is 41.9 Å². The van der Waals surface area contributed by atoms with Crippen LogP contribution in [-0.4, -0.2) is 15.9 Å². The average molecular weight is 216 g/mol. The van der Waals surface area contributed by atoms with Crippen LogP contribution < -0.4 is 11.1 Å². The van der Waals surface area contributed by atoms with Crippen LogP contribution in [0.1, 0.15) is 16.1 Å². The number of nitrogens with zero attached hydrogens (tertiary/aromatic N) is 1. The second kappa shape index (κ2) is 4.06. The van der Waals surface area contributed by atoms with Crippen LogP contribution in [0.4, 0.5) is 11.5 Å². The topological polar surface area (TPSA) is 83.8 Å². The van der Waals surface area contributed by atoms with Crippen LogP contribution in [0.25, 0.3) is 0 Å². The molecule has 1 aromatic heterocycles. The van der Waals surface area contributed by atoms with Gasteiger partial charge in [-0.2, -0.15) is 0 Å². The third kappa shape index (κ3) is 1.88. The summed E-state index contributed by atoms with van der Waals surface area (Å²) in [4.78, 5) is 18.2. The molecular formula is C11H12N4O. The van der Waals surface area contributed by atoms with Gasteiger partial charge in [-0.3, -0.25) is 4.79 Å². The van der Waals surface area contributed by atoms with Crippen LogP contribution in [0.15, 0.2) is 30.6 Å². The van der Waals surface area contributed by atoms with E-state index in [2.05, 4.69) is 15.3 Å². The van der Waals surface area contributed by atoms with Crippen LogP contribution in [0.5, 0.6) is 0 Å². The number of anilines is 2. The normalized spacial score (nSPS) is 10.1. The third-order valence-electron chi connectivity index (χ3n) is 2.29. The zero-order valence-corrected chi connectivity index (χ0v) is 8.82. The van der Waals surface area contributed by atoms with Gasteiger partial charge in [0.05, 0.1) is 6.33 Å². The highest BCUT2D eigenvalue weighted by Crippen LogP contribution is 2.15. The maximum atomic E-state index is 11.8. The fraction of sp³-hybridized carbons (Fsp3) is 0.0909. The molecule has 1 amide bonds. The number of H-pyrrole nitrogens is 1. The van der Waals surface area contributed by atoms with E-state index in [0.717, 1.165) is 11.3 Å². The van der Waals surface area contributed by atoms with Crippen LogP contribution in [-0.2, 0) is 0 Å². The number of para-hydroxylation sites is 1. The number of aromatic nitrogens is 2. The molecule has 2 rings (SSSR count). The second-order valence-corrected chi connectivity index (χ2v) is 3.43. The van der Waals surface area contributed by atoms with E-state index in [1.54, 1.807) is 0 Å². The number of carbonyl (C=O) groups is 1. The third-order valence-corrected chi connectivity index (χ3v) is 2.29. The summed E-state index contributed by atoms with van der Waals surface area (Å²) in [6, 6.07) is 7.53. The van der Waals surface area contributed by atoms with E-state index >= 15 is 0 Å². The summed E-state index contributed by atoms with van der Waals surface area (Å²) in [6.45, 7) is 1.92. The van der Waals surface area contributed by atoms with Gasteiger partial charge in [-0.1, -0.05) is 18.2 Å². The van der Waals surface area contributed by atoms with Gasteiger partial charge in [0.2, 0.25) is 0 Å². The van der Waals surface area contributed by atoms with Gasteiger partial charge in [-0.05, 0) is 18.6 Å². The number of benzene rings is 1. The fourth-order valence-electron chi connectivity index (χ4n) is 1.38. The average Bonchev–Trinajstić information content (AvgIpc) is 2.68. The second-order valence-electron chi connectivity index (χ2n) is 3.43. The van der Waals surface area contributed by atoms with E-state index in [4.69, 9.17) is 5.73 Å². The van der Waals surface area contributed by atoms with Crippen molar-refractivity contribution in [1.82, 2.24) is 9.97 Å². The van der Waals surface area contributed by atoms with E-state index in [0.29, 0.717) is 0 Å². The zero-order chi connectivity index (χ0) is 11.5. The Bertz CT molecular complexity index is 518. The number of aryl methyl sites for hydroxylation is 1. The molecule has 0 aliphatic heterocycles. The van der Waals surface area contributed by atoms with Crippen molar-refractivity contribution in [1.29, 1.82) is 0 Å². The van der Waals surface area contributed by atoms with Crippen molar-refractivity contribution < 1.29 is 4.79 Å². The summed E-state index contributed by atoms with van der Waals surface area (Å²) in [5, 5.41) is 2.76. The predicted molar refractivity (Wildman–Crippen MR) is 62.1 cm³/mol. The minimum atomic E-state index is -0.288. The summed E-state index contributed by atoms with van der Waals surface area (Å²) in [6.07, 6.45) is 1.39. The minimum absolute atomic E-state index is 0.200. The van der Waals surface area contributed by atoms with E-state index in [1.807, 2.05) is 31.2 Å². The standard InChI is InChI=1S/C11H12N4O/c1-7-4-2-3-5-8(7)15-11(16)9-10(12)14-6-13-9/h2-6H,12H2,1H3,(H,13,14)(H,15,16). The summed E-state index contributed by atoms with van der Waals surface area (Å²) in [5.41, 5.74) is 7.57. The molecule has 0 fully saturated rings. The number of aromatic amines is 1. The largest absolute Gasteiger partial charge is 0.382 e. The van der Waals surface area contributed by atoms with Crippen molar-refractivity contribution >= 4 is 17.4 Å². The smallest absolute Gasteiger partial charge is 0.275 e. The van der Waals surface area contributed by atoms with Gasteiger partial charge >= 0.3 is 0 Å². The Balaban J connectivity index is 2.21. The SMILES string of the molecule is Cc1ccccc1NC(=O)c1[nH]cnc1N. The van der Waals surface area contributed by atoms with E-state index < -0.39 is 0 Å². The van der Waals surface area contributed by atoms with Gasteiger partial charge in [-0.15, -0.1) is 0 Å². The van der Waals surface area contributed by atoms with Gasteiger partial charge in [0, 0.05) is 5.69 Å². The highest BCUT2D eigenvalue weighted by molar-refractivity contribution is 6.06. The molecule has 0 atom stereocenters.